The molecule has 5 heteroatoms. The molecule has 0 amide bonds. The van der Waals surface area contributed by atoms with Crippen LogP contribution in [-0.4, -0.2) is 4.57 Å². The molecule has 0 fully saturated rings. The lowest BCUT2D eigenvalue weighted by molar-refractivity contribution is 0.373. The van der Waals surface area contributed by atoms with Gasteiger partial charge in [-0.25, -0.2) is 5.43 Å². The first-order valence-corrected chi connectivity index (χ1v) is 19.8. The van der Waals surface area contributed by atoms with E-state index in [4.69, 9.17) is 4.42 Å². The van der Waals surface area contributed by atoms with E-state index in [1.54, 1.807) is 0 Å². The van der Waals surface area contributed by atoms with Crippen molar-refractivity contribution in [3.8, 4) is 16.8 Å². The minimum Gasteiger partial charge on any atom is -0.460 e. The van der Waals surface area contributed by atoms with Gasteiger partial charge in [-0.1, -0.05) is 152 Å². The summed E-state index contributed by atoms with van der Waals surface area (Å²) in [6, 6.07) is 54.5. The van der Waals surface area contributed by atoms with E-state index in [0.717, 1.165) is 65.9 Å². The Balaban J connectivity index is 1.07. The molecule has 274 valence electrons. The predicted molar refractivity (Wildman–Crippen MR) is 230 cm³/mol. The molecule has 5 nitrogen and oxygen atoms in total. The third-order valence-electron chi connectivity index (χ3n) is 11.3. The van der Waals surface area contributed by atoms with Crippen LogP contribution in [0.2, 0.25) is 0 Å². The second-order valence-electron chi connectivity index (χ2n) is 14.8. The molecule has 1 unspecified atom stereocenters. The summed E-state index contributed by atoms with van der Waals surface area (Å²) in [5, 5.41) is 6.29. The molecule has 2 heterocycles. The summed E-state index contributed by atoms with van der Waals surface area (Å²) in [5.41, 5.74) is 22.7. The molecule has 10 rings (SSSR count). The van der Waals surface area contributed by atoms with Crippen molar-refractivity contribution in [2.75, 3.05) is 0 Å². The summed E-state index contributed by atoms with van der Waals surface area (Å²) in [4.78, 5) is 0. The summed E-state index contributed by atoms with van der Waals surface area (Å²) in [7, 11) is 0. The van der Waals surface area contributed by atoms with Gasteiger partial charge in [-0.2, -0.15) is 0 Å². The largest absolute Gasteiger partial charge is 0.460 e. The molecule has 8 aromatic rings. The first kappa shape index (κ1) is 34.3. The Bertz CT molecular complexity index is 2740. The minimum atomic E-state index is -0.136. The average molecular weight is 729 g/mol. The van der Waals surface area contributed by atoms with Crippen LogP contribution in [0.1, 0.15) is 63.8 Å². The summed E-state index contributed by atoms with van der Waals surface area (Å²) >= 11 is 0. The van der Waals surface area contributed by atoms with E-state index < -0.39 is 0 Å². The molecule has 0 spiro atoms. The number of rotatable bonds is 11. The SMILES string of the molecule is C1=Cc2c(oc3c(-c4ccccc4-n4c5c(c6ccccc64)CCC=C5c4cccc(C(NCc5ccccc5)NNCc5ccccc5)c4)cccc23)CC1. The van der Waals surface area contributed by atoms with Gasteiger partial charge in [-0.3, -0.25) is 10.7 Å². The number of fused-ring (bicyclic) bond motifs is 6. The van der Waals surface area contributed by atoms with Crippen molar-refractivity contribution in [2.45, 2.75) is 44.9 Å². The van der Waals surface area contributed by atoms with E-state index in [2.05, 4.69) is 191 Å². The van der Waals surface area contributed by atoms with Gasteiger partial charge in [0.05, 0.1) is 23.1 Å². The minimum absolute atomic E-state index is 0.136. The second-order valence-corrected chi connectivity index (χ2v) is 14.8. The maximum atomic E-state index is 6.69. The maximum Gasteiger partial charge on any atom is 0.142 e. The standard InChI is InChI=1S/C51H44N4O/c1-3-16-35(17-4-1)33-52-51(54-53-34-36-18-5-2-6-19-36)38-21-13-20-37(32-38)39-25-14-26-43-40-22-7-10-29-46(40)55(49(39)43)47-30-11-8-23-41(47)44-27-15-28-45-42-24-9-12-31-48(42)56-50(44)45/h1-11,13,15-25,27-30,32,51-54H,12,14,26,31,33-34H2. The Morgan fingerprint density at radius 3 is 2.25 bits per heavy atom. The van der Waals surface area contributed by atoms with Gasteiger partial charge >= 0.3 is 0 Å². The smallest absolute Gasteiger partial charge is 0.142 e. The number of aryl methyl sites for hydroxylation is 2. The summed E-state index contributed by atoms with van der Waals surface area (Å²) in [6.45, 7) is 1.44. The molecule has 3 N–H and O–H groups in total. The summed E-state index contributed by atoms with van der Waals surface area (Å²) in [6.07, 6.45) is 10.7. The molecule has 1 atom stereocenters. The fraction of sp³-hybridized carbons (Fsp3) is 0.137. The molecule has 0 saturated carbocycles. The zero-order chi connectivity index (χ0) is 37.3. The highest BCUT2D eigenvalue weighted by molar-refractivity contribution is 6.02. The van der Waals surface area contributed by atoms with E-state index in [0.29, 0.717) is 6.54 Å². The molecular formula is C51H44N4O. The van der Waals surface area contributed by atoms with Crippen LogP contribution in [0, 0.1) is 0 Å². The number of furan rings is 1. The fourth-order valence-corrected chi connectivity index (χ4v) is 8.69. The first-order chi connectivity index (χ1) is 27.8. The predicted octanol–water partition coefficient (Wildman–Crippen LogP) is 11.5. The van der Waals surface area contributed by atoms with Crippen molar-refractivity contribution in [2.24, 2.45) is 0 Å². The van der Waals surface area contributed by atoms with E-state index in [9.17, 15) is 0 Å². The van der Waals surface area contributed by atoms with Crippen LogP contribution < -0.4 is 16.2 Å². The number of para-hydroxylation sites is 3. The van der Waals surface area contributed by atoms with Crippen molar-refractivity contribution in [3.63, 3.8) is 0 Å². The summed E-state index contributed by atoms with van der Waals surface area (Å²) < 4.78 is 9.20. The van der Waals surface area contributed by atoms with E-state index in [1.807, 2.05) is 0 Å². The fourth-order valence-electron chi connectivity index (χ4n) is 8.69. The second kappa shape index (κ2) is 15.1. The van der Waals surface area contributed by atoms with Crippen LogP contribution in [0.25, 0.3) is 50.3 Å². The monoisotopic (exact) mass is 728 g/mol. The van der Waals surface area contributed by atoms with Crippen LogP contribution in [0.5, 0.6) is 0 Å². The Morgan fingerprint density at radius 1 is 0.643 bits per heavy atom. The number of aromatic nitrogens is 1. The van der Waals surface area contributed by atoms with E-state index in [1.165, 1.54) is 55.4 Å². The Morgan fingerprint density at radius 2 is 1.38 bits per heavy atom. The molecule has 2 aliphatic rings. The highest BCUT2D eigenvalue weighted by Crippen LogP contribution is 2.44. The average Bonchev–Trinajstić information content (AvgIpc) is 3.82. The zero-order valence-corrected chi connectivity index (χ0v) is 31.3. The number of hydrogen-bond acceptors (Lipinski definition) is 4. The van der Waals surface area contributed by atoms with Crippen LogP contribution in [0.15, 0.2) is 168 Å². The van der Waals surface area contributed by atoms with Gasteiger partial charge in [0.15, 0.2) is 0 Å². The van der Waals surface area contributed by atoms with Crippen molar-refractivity contribution >= 4 is 33.5 Å². The van der Waals surface area contributed by atoms with Gasteiger partial charge in [0.25, 0.3) is 0 Å². The quantitative estimate of drug-likeness (QED) is 0.0917. The lowest BCUT2D eigenvalue weighted by Gasteiger charge is -2.24. The molecule has 2 aromatic heterocycles. The highest BCUT2D eigenvalue weighted by Gasteiger charge is 2.27. The molecule has 0 aliphatic heterocycles. The Hall–Kier alpha value is -6.24. The van der Waals surface area contributed by atoms with Crippen molar-refractivity contribution in [1.29, 1.82) is 0 Å². The number of allylic oxidation sites excluding steroid dienone is 2. The maximum absolute atomic E-state index is 6.69. The van der Waals surface area contributed by atoms with Crippen molar-refractivity contribution < 1.29 is 4.42 Å². The molecule has 56 heavy (non-hydrogen) atoms. The van der Waals surface area contributed by atoms with Crippen molar-refractivity contribution in [3.05, 3.63) is 209 Å². The first-order valence-electron chi connectivity index (χ1n) is 19.8. The van der Waals surface area contributed by atoms with Crippen LogP contribution >= 0.6 is 0 Å². The van der Waals surface area contributed by atoms with E-state index in [-0.39, 0.29) is 6.17 Å². The zero-order valence-electron chi connectivity index (χ0n) is 31.3. The van der Waals surface area contributed by atoms with Gasteiger partial charge < -0.3 is 8.98 Å². The molecule has 2 aliphatic carbocycles. The lowest BCUT2D eigenvalue weighted by Crippen LogP contribution is -2.42. The van der Waals surface area contributed by atoms with Gasteiger partial charge in [0, 0.05) is 52.5 Å². The number of nitrogens with one attached hydrogen (secondary N) is 3. The number of hydrazine groups is 1. The van der Waals surface area contributed by atoms with Crippen molar-refractivity contribution in [1.82, 2.24) is 20.7 Å². The van der Waals surface area contributed by atoms with Crippen LogP contribution in [-0.2, 0) is 25.9 Å². The van der Waals surface area contributed by atoms with Gasteiger partial charge in [0.2, 0.25) is 0 Å². The van der Waals surface area contributed by atoms with Gasteiger partial charge in [-0.15, -0.1) is 0 Å². The normalized spacial score (nSPS) is 14.1. The van der Waals surface area contributed by atoms with E-state index >= 15 is 0 Å². The lowest BCUT2D eigenvalue weighted by atomic mass is 9.89. The molecule has 0 saturated heterocycles. The topological polar surface area (TPSA) is 54.2 Å². The third-order valence-corrected chi connectivity index (χ3v) is 11.3. The Labute approximate surface area is 328 Å². The molecule has 6 aromatic carbocycles. The van der Waals surface area contributed by atoms with Gasteiger partial charge in [-0.05, 0) is 65.3 Å². The molecule has 0 radical (unpaired) electrons. The Kier molecular flexibility index (Phi) is 9.25. The summed E-state index contributed by atoms with van der Waals surface area (Å²) in [5.74, 6) is 1.09. The molecule has 0 bridgehead atoms. The molecular weight excluding hydrogens is 685 g/mol. The number of benzene rings is 6. The highest BCUT2D eigenvalue weighted by atomic mass is 16.3. The van der Waals surface area contributed by atoms with Gasteiger partial charge in [0.1, 0.15) is 11.3 Å². The van der Waals surface area contributed by atoms with Crippen LogP contribution in [0.3, 0.4) is 0 Å². The number of nitrogens with zero attached hydrogens (tertiary/aromatic N) is 1. The van der Waals surface area contributed by atoms with Crippen LogP contribution in [0.4, 0.5) is 0 Å². The third kappa shape index (κ3) is 6.40. The number of hydrogen-bond donors (Lipinski definition) is 3.